The van der Waals surface area contributed by atoms with Crippen LogP contribution < -0.4 is 35.0 Å². The van der Waals surface area contributed by atoms with Crippen LogP contribution in [0.4, 0.5) is 4.79 Å². The second-order valence-electron chi connectivity index (χ2n) is 9.86. The van der Waals surface area contributed by atoms with Crippen molar-refractivity contribution < 1.29 is 38.4 Å². The lowest BCUT2D eigenvalue weighted by molar-refractivity contribution is -0.136. The van der Waals surface area contributed by atoms with E-state index in [9.17, 15) is 14.7 Å². The summed E-state index contributed by atoms with van der Waals surface area (Å²) in [5.41, 5.74) is 5.37. The minimum absolute atomic E-state index is 0.186. The van der Waals surface area contributed by atoms with E-state index in [1.165, 1.54) is 13.3 Å². The Bertz CT molecular complexity index is 1620. The minimum atomic E-state index is -1.20. The molecule has 0 saturated heterocycles. The van der Waals surface area contributed by atoms with Crippen LogP contribution >= 0.6 is 27.5 Å². The number of hydrazone groups is 1. The number of nitrogens with one attached hydrogen (secondary N) is 3. The van der Waals surface area contributed by atoms with E-state index in [1.54, 1.807) is 56.5 Å². The molecule has 1 aliphatic heterocycles. The van der Waals surface area contributed by atoms with Gasteiger partial charge in [-0.15, -0.1) is 0 Å². The van der Waals surface area contributed by atoms with E-state index < -0.39 is 24.3 Å². The van der Waals surface area contributed by atoms with Gasteiger partial charge >= 0.3 is 12.0 Å². The molecule has 0 bridgehead atoms. The number of hydrogen-bond acceptors (Lipinski definition) is 10. The van der Waals surface area contributed by atoms with E-state index >= 15 is 0 Å². The number of nitrogens with zero attached hydrogens (tertiary/aromatic N) is 1. The number of aliphatic hydroxyl groups excluding tert-OH is 1. The van der Waals surface area contributed by atoms with Gasteiger partial charge in [-0.2, -0.15) is 5.10 Å². The first-order valence-electron chi connectivity index (χ1n) is 14.1. The third-order valence-electron chi connectivity index (χ3n) is 6.66. The molecule has 0 spiro atoms. The molecule has 14 heteroatoms. The van der Waals surface area contributed by atoms with E-state index in [-0.39, 0.29) is 18.8 Å². The third kappa shape index (κ3) is 8.83. The zero-order chi connectivity index (χ0) is 33.2. The van der Waals surface area contributed by atoms with Gasteiger partial charge in [-0.1, -0.05) is 45.7 Å². The van der Waals surface area contributed by atoms with Crippen molar-refractivity contribution in [1.29, 1.82) is 0 Å². The fraction of sp³-hybridized carbons (Fsp3) is 0.281. The molecule has 3 aromatic carbocycles. The standard InChI is InChI=1S/C32H34BrClN4O8/c1-5-44-25-13-20(29-28(31(40)43-4)18(2)36-32(41)37-29)8-11-24(25)45-17-27(39)38-35-15-21-12-22(33)14-26(42-3)30(21)46-16-19-6-9-23(34)10-7-19/h6-15,27,29,38-39H,5,16-17H2,1-4H3,(H2,36,37,41)/b35-15+/t27-,29-/m0/s1. The monoisotopic (exact) mass is 716 g/mol. The van der Waals surface area contributed by atoms with Gasteiger partial charge in [-0.25, -0.2) is 9.59 Å². The predicted molar refractivity (Wildman–Crippen MR) is 175 cm³/mol. The molecule has 1 heterocycles. The van der Waals surface area contributed by atoms with Gasteiger partial charge < -0.3 is 39.4 Å². The highest BCUT2D eigenvalue weighted by Gasteiger charge is 2.32. The average Bonchev–Trinajstić information content (AvgIpc) is 3.03. The lowest BCUT2D eigenvalue weighted by Gasteiger charge is -2.28. The van der Waals surface area contributed by atoms with Crippen molar-refractivity contribution in [2.75, 3.05) is 27.4 Å². The Kier molecular flexibility index (Phi) is 12.1. The van der Waals surface area contributed by atoms with E-state index in [0.717, 1.165) is 10.0 Å². The van der Waals surface area contributed by atoms with Crippen molar-refractivity contribution in [2.24, 2.45) is 5.10 Å². The quantitative estimate of drug-likeness (QED) is 0.0764. The highest BCUT2D eigenvalue weighted by molar-refractivity contribution is 9.10. The van der Waals surface area contributed by atoms with Crippen molar-refractivity contribution in [3.8, 4) is 23.0 Å². The number of rotatable bonds is 14. The number of allylic oxidation sites excluding steroid dienone is 1. The number of esters is 1. The molecule has 1 aliphatic rings. The summed E-state index contributed by atoms with van der Waals surface area (Å²) in [4.78, 5) is 24.7. The van der Waals surface area contributed by atoms with Crippen molar-refractivity contribution in [3.05, 3.63) is 92.1 Å². The molecule has 0 radical (unpaired) electrons. The molecule has 0 aliphatic carbocycles. The molecule has 2 amide bonds. The summed E-state index contributed by atoms with van der Waals surface area (Å²) in [6.45, 7) is 3.83. The third-order valence-corrected chi connectivity index (χ3v) is 7.37. The molecule has 0 aromatic heterocycles. The van der Waals surface area contributed by atoms with Gasteiger partial charge in [0.2, 0.25) is 0 Å². The number of aliphatic hydroxyl groups is 1. The molecule has 0 unspecified atom stereocenters. The first-order chi connectivity index (χ1) is 22.1. The smallest absolute Gasteiger partial charge is 0.337 e. The largest absolute Gasteiger partial charge is 0.493 e. The van der Waals surface area contributed by atoms with Crippen molar-refractivity contribution in [1.82, 2.24) is 16.1 Å². The maximum atomic E-state index is 12.5. The van der Waals surface area contributed by atoms with Crippen LogP contribution in [0.3, 0.4) is 0 Å². The number of carbonyl (C=O) groups excluding carboxylic acids is 2. The number of urea groups is 1. The molecular weight excluding hydrogens is 684 g/mol. The van der Waals surface area contributed by atoms with Crippen LogP contribution in [0, 0.1) is 0 Å². The number of ether oxygens (including phenoxy) is 5. The number of amides is 2. The topological polar surface area (TPSA) is 149 Å². The lowest BCUT2D eigenvalue weighted by Crippen LogP contribution is -2.45. The molecule has 4 N–H and O–H groups in total. The molecular formula is C32H34BrClN4O8. The molecule has 244 valence electrons. The Morgan fingerprint density at radius 2 is 1.85 bits per heavy atom. The Morgan fingerprint density at radius 3 is 2.54 bits per heavy atom. The fourth-order valence-electron chi connectivity index (χ4n) is 4.54. The van der Waals surface area contributed by atoms with Crippen LogP contribution in [-0.2, 0) is 16.1 Å². The summed E-state index contributed by atoms with van der Waals surface area (Å²) in [7, 11) is 2.81. The van der Waals surface area contributed by atoms with E-state index in [4.69, 9.17) is 35.3 Å². The zero-order valence-corrected chi connectivity index (χ0v) is 27.9. The van der Waals surface area contributed by atoms with Crippen LogP contribution in [0.1, 0.15) is 36.6 Å². The van der Waals surface area contributed by atoms with Gasteiger partial charge in [0, 0.05) is 20.8 Å². The zero-order valence-electron chi connectivity index (χ0n) is 25.6. The van der Waals surface area contributed by atoms with Gasteiger partial charge in [0.25, 0.3) is 0 Å². The molecule has 0 saturated carbocycles. The maximum absolute atomic E-state index is 12.5. The van der Waals surface area contributed by atoms with Gasteiger partial charge in [-0.3, -0.25) is 5.43 Å². The van der Waals surface area contributed by atoms with Crippen molar-refractivity contribution in [2.45, 2.75) is 32.7 Å². The highest BCUT2D eigenvalue weighted by Crippen LogP contribution is 2.36. The number of methoxy groups -OCH3 is 2. The van der Waals surface area contributed by atoms with Crippen molar-refractivity contribution >= 4 is 45.7 Å². The summed E-state index contributed by atoms with van der Waals surface area (Å²) < 4.78 is 28.8. The SMILES string of the molecule is CCOc1cc([C@@H]2NC(=O)NC(C)=C2C(=O)OC)ccc1OC[C@H](O)N/N=C/c1cc(Br)cc(OC)c1OCc1ccc(Cl)cc1. The molecule has 3 aromatic rings. The van der Waals surface area contributed by atoms with Crippen LogP contribution in [0.15, 0.2) is 75.4 Å². The fourth-order valence-corrected chi connectivity index (χ4v) is 5.12. The van der Waals surface area contributed by atoms with Gasteiger partial charge in [0.15, 0.2) is 29.2 Å². The molecule has 0 fully saturated rings. The van der Waals surface area contributed by atoms with Gasteiger partial charge in [0.1, 0.15) is 13.2 Å². The van der Waals surface area contributed by atoms with E-state index in [2.05, 4.69) is 37.1 Å². The van der Waals surface area contributed by atoms with Gasteiger partial charge in [0.05, 0.1) is 38.7 Å². The van der Waals surface area contributed by atoms with Crippen LogP contribution in [0.5, 0.6) is 23.0 Å². The van der Waals surface area contributed by atoms with Gasteiger partial charge in [-0.05, 0) is 61.4 Å². The second kappa shape index (κ2) is 16.2. The lowest BCUT2D eigenvalue weighted by atomic mass is 9.95. The van der Waals surface area contributed by atoms with Crippen LogP contribution in [0.2, 0.25) is 5.02 Å². The Hall–Kier alpha value is -4.46. The summed E-state index contributed by atoms with van der Waals surface area (Å²) in [5, 5.41) is 20.7. The highest BCUT2D eigenvalue weighted by atomic mass is 79.9. The first kappa shape index (κ1) is 34.4. The first-order valence-corrected chi connectivity index (χ1v) is 15.3. The Balaban J connectivity index is 1.44. The maximum Gasteiger partial charge on any atom is 0.337 e. The second-order valence-corrected chi connectivity index (χ2v) is 11.2. The molecule has 2 atom stereocenters. The number of benzene rings is 3. The average molecular weight is 718 g/mol. The summed E-state index contributed by atoms with van der Waals surface area (Å²) in [5.74, 6) is 1.07. The number of halogens is 2. The van der Waals surface area contributed by atoms with Crippen LogP contribution in [0.25, 0.3) is 0 Å². The van der Waals surface area contributed by atoms with E-state index in [0.29, 0.717) is 51.5 Å². The molecule has 46 heavy (non-hydrogen) atoms. The molecule has 4 rings (SSSR count). The Morgan fingerprint density at radius 1 is 1.09 bits per heavy atom. The van der Waals surface area contributed by atoms with E-state index in [1.807, 2.05) is 19.1 Å². The van der Waals surface area contributed by atoms with Crippen molar-refractivity contribution in [3.63, 3.8) is 0 Å². The predicted octanol–water partition coefficient (Wildman–Crippen LogP) is 5.21. The van der Waals surface area contributed by atoms with Crippen LogP contribution in [-0.4, -0.2) is 57.0 Å². The normalized spacial score (nSPS) is 15.1. The minimum Gasteiger partial charge on any atom is -0.493 e. The Labute approximate surface area is 279 Å². The summed E-state index contributed by atoms with van der Waals surface area (Å²) in [6.07, 6.45) is 0.300. The molecule has 12 nitrogen and oxygen atoms in total. The summed E-state index contributed by atoms with van der Waals surface area (Å²) in [6, 6.07) is 14.6. The number of hydrogen-bond donors (Lipinski definition) is 4. The summed E-state index contributed by atoms with van der Waals surface area (Å²) >= 11 is 9.46. The number of carbonyl (C=O) groups is 2.